The second kappa shape index (κ2) is 14.7. The van der Waals surface area contributed by atoms with Gasteiger partial charge >= 0.3 is 0 Å². The zero-order chi connectivity index (χ0) is 41.0. The second-order valence-corrected chi connectivity index (χ2v) is 15.6. The van der Waals surface area contributed by atoms with Gasteiger partial charge in [0.2, 0.25) is 0 Å². The second-order valence-electron chi connectivity index (χ2n) is 15.6. The first-order valence-corrected chi connectivity index (χ1v) is 20.7. The molecule has 0 radical (unpaired) electrons. The van der Waals surface area contributed by atoms with Gasteiger partial charge in [0.1, 0.15) is 22.3 Å². The van der Waals surface area contributed by atoms with Gasteiger partial charge < -0.3 is 8.83 Å². The van der Waals surface area contributed by atoms with Crippen LogP contribution < -0.4 is 0 Å². The lowest BCUT2D eigenvalue weighted by atomic mass is 9.93. The van der Waals surface area contributed by atoms with E-state index in [4.69, 9.17) is 18.8 Å². The Hall–Kier alpha value is -8.41. The van der Waals surface area contributed by atoms with Crippen molar-refractivity contribution in [3.8, 4) is 78.5 Å². The van der Waals surface area contributed by atoms with Crippen molar-refractivity contribution >= 4 is 43.9 Å². The predicted molar refractivity (Wildman–Crippen MR) is 252 cm³/mol. The molecule has 0 N–H and O–H groups in total. The van der Waals surface area contributed by atoms with E-state index in [9.17, 15) is 0 Å². The molecule has 0 spiro atoms. The van der Waals surface area contributed by atoms with Gasteiger partial charge in [-0.25, -0.2) is 9.97 Å². The first-order valence-electron chi connectivity index (χ1n) is 20.7. The molecule has 0 fully saturated rings. The molecule has 5 nitrogen and oxygen atoms in total. The highest BCUT2D eigenvalue weighted by Gasteiger charge is 2.19. The zero-order valence-corrected chi connectivity index (χ0v) is 33.4. The number of para-hydroxylation sites is 4. The van der Waals surface area contributed by atoms with E-state index in [0.717, 1.165) is 117 Å². The Labute approximate surface area is 357 Å². The molecule has 0 aliphatic carbocycles. The minimum Gasteiger partial charge on any atom is -0.455 e. The van der Waals surface area contributed by atoms with Gasteiger partial charge in [0, 0.05) is 61.1 Å². The SMILES string of the molecule is c1ccc(-c2cc(-c3cc(-c4cccc5c4oc4ccccc45)cc(-c4cccc5c4oc4ccccc45)c3)nc(-c3ccc(-c4ccc(-c5ccccn5)cc4)cc3)n2)cc1. The van der Waals surface area contributed by atoms with Crippen molar-refractivity contribution < 1.29 is 8.83 Å². The normalized spacial score (nSPS) is 11.5. The predicted octanol–water partition coefficient (Wildman–Crippen LogP) is 15.3. The molecule has 8 aromatic carbocycles. The van der Waals surface area contributed by atoms with Crippen molar-refractivity contribution in [1.82, 2.24) is 15.0 Å². The number of hydrogen-bond donors (Lipinski definition) is 0. The summed E-state index contributed by atoms with van der Waals surface area (Å²) in [4.78, 5) is 15.0. The van der Waals surface area contributed by atoms with E-state index in [-0.39, 0.29) is 0 Å². The van der Waals surface area contributed by atoms with Crippen LogP contribution in [0.15, 0.2) is 221 Å². The van der Waals surface area contributed by atoms with Crippen LogP contribution in [0.3, 0.4) is 0 Å². The molecule has 0 unspecified atom stereocenters. The summed E-state index contributed by atoms with van der Waals surface area (Å²) in [5.74, 6) is 0.643. The zero-order valence-electron chi connectivity index (χ0n) is 33.4. The van der Waals surface area contributed by atoms with Crippen molar-refractivity contribution in [2.45, 2.75) is 0 Å². The Morgan fingerprint density at radius 1 is 0.290 bits per heavy atom. The van der Waals surface area contributed by atoms with E-state index in [1.165, 1.54) is 0 Å². The summed E-state index contributed by atoms with van der Waals surface area (Å²) in [6.45, 7) is 0. The lowest BCUT2D eigenvalue weighted by Gasteiger charge is -2.14. The van der Waals surface area contributed by atoms with Gasteiger partial charge in [-0.1, -0.05) is 158 Å². The summed E-state index contributed by atoms with van der Waals surface area (Å²) in [5, 5.41) is 4.34. The first-order chi connectivity index (χ1) is 30.7. The standard InChI is InChI=1S/C57H35N3O2/c1-2-12-38(13-3-1)51-35-52(60-57(59-51)40-29-25-37(26-30-40)36-23-27-39(28-24-36)50-20-8-9-31-58-50)43-33-41(44-16-10-18-48-46-14-4-6-21-53(46)61-55(44)48)32-42(34-43)45-17-11-19-49-47-15-5-7-22-54(47)62-56(45)49/h1-35H. The van der Waals surface area contributed by atoms with Crippen molar-refractivity contribution in [1.29, 1.82) is 0 Å². The number of benzene rings is 8. The maximum absolute atomic E-state index is 6.61. The minimum absolute atomic E-state index is 0.643. The molecule has 0 aliphatic rings. The van der Waals surface area contributed by atoms with Crippen LogP contribution >= 0.6 is 0 Å². The lowest BCUT2D eigenvalue weighted by molar-refractivity contribution is 0.670. The van der Waals surface area contributed by atoms with E-state index in [0.29, 0.717) is 5.82 Å². The fourth-order valence-electron chi connectivity index (χ4n) is 8.70. The van der Waals surface area contributed by atoms with Crippen molar-refractivity contribution in [2.75, 3.05) is 0 Å². The lowest BCUT2D eigenvalue weighted by Crippen LogP contribution is -1.97. The third-order valence-corrected chi connectivity index (χ3v) is 11.8. The summed E-state index contributed by atoms with van der Waals surface area (Å²) in [6.07, 6.45) is 1.82. The van der Waals surface area contributed by atoms with E-state index in [1.807, 2.05) is 66.9 Å². The molecule has 5 heteroatoms. The molecule has 0 bridgehead atoms. The summed E-state index contributed by atoms with van der Waals surface area (Å²) in [6, 6.07) is 71.4. The maximum atomic E-state index is 6.61. The topological polar surface area (TPSA) is 65.0 Å². The van der Waals surface area contributed by atoms with E-state index >= 15 is 0 Å². The molecule has 62 heavy (non-hydrogen) atoms. The van der Waals surface area contributed by atoms with Crippen LogP contribution in [-0.4, -0.2) is 15.0 Å². The van der Waals surface area contributed by atoms with Crippen LogP contribution in [0.1, 0.15) is 0 Å². The number of pyridine rings is 1. The van der Waals surface area contributed by atoms with E-state index < -0.39 is 0 Å². The van der Waals surface area contributed by atoms with Crippen molar-refractivity contribution in [2.24, 2.45) is 0 Å². The van der Waals surface area contributed by atoms with Crippen LogP contribution in [0.4, 0.5) is 0 Å². The van der Waals surface area contributed by atoms with Crippen LogP contribution in [0.2, 0.25) is 0 Å². The first kappa shape index (κ1) is 35.5. The molecule has 12 aromatic rings. The minimum atomic E-state index is 0.643. The quantitative estimate of drug-likeness (QED) is 0.161. The molecular weight excluding hydrogens is 759 g/mol. The number of furan rings is 2. The van der Waals surface area contributed by atoms with Crippen LogP contribution in [0.5, 0.6) is 0 Å². The highest BCUT2D eigenvalue weighted by molar-refractivity contribution is 6.11. The number of fused-ring (bicyclic) bond motifs is 6. The Kier molecular flexibility index (Phi) is 8.42. The third kappa shape index (κ3) is 6.23. The van der Waals surface area contributed by atoms with Gasteiger partial charge in [0.05, 0.1) is 17.1 Å². The number of aromatic nitrogens is 3. The highest BCUT2D eigenvalue weighted by atomic mass is 16.3. The Bertz CT molecular complexity index is 3480. The molecule has 0 saturated carbocycles. The monoisotopic (exact) mass is 793 g/mol. The summed E-state index contributed by atoms with van der Waals surface area (Å²) in [5.41, 5.74) is 16.2. The summed E-state index contributed by atoms with van der Waals surface area (Å²) < 4.78 is 13.2. The molecule has 0 saturated heterocycles. The van der Waals surface area contributed by atoms with Gasteiger partial charge in [-0.3, -0.25) is 4.98 Å². The number of nitrogens with zero attached hydrogens (tertiary/aromatic N) is 3. The van der Waals surface area contributed by atoms with Crippen molar-refractivity contribution in [3.63, 3.8) is 0 Å². The third-order valence-electron chi connectivity index (χ3n) is 11.8. The Balaban J connectivity index is 1.03. The molecular formula is C57H35N3O2. The molecule has 0 amide bonds. The molecule has 290 valence electrons. The Morgan fingerprint density at radius 2 is 0.758 bits per heavy atom. The largest absolute Gasteiger partial charge is 0.455 e. The van der Waals surface area contributed by atoms with Gasteiger partial charge in [-0.2, -0.15) is 0 Å². The molecule has 12 rings (SSSR count). The van der Waals surface area contributed by atoms with Gasteiger partial charge in [-0.05, 0) is 70.8 Å². The van der Waals surface area contributed by atoms with Gasteiger partial charge in [0.25, 0.3) is 0 Å². The number of hydrogen-bond acceptors (Lipinski definition) is 5. The Morgan fingerprint density at radius 3 is 1.34 bits per heavy atom. The fourth-order valence-corrected chi connectivity index (χ4v) is 8.70. The van der Waals surface area contributed by atoms with Gasteiger partial charge in [0.15, 0.2) is 5.82 Å². The fraction of sp³-hybridized carbons (Fsp3) is 0. The highest BCUT2D eigenvalue weighted by Crippen LogP contribution is 2.42. The molecule has 0 aliphatic heterocycles. The summed E-state index contributed by atoms with van der Waals surface area (Å²) >= 11 is 0. The van der Waals surface area contributed by atoms with E-state index in [2.05, 4.69) is 151 Å². The maximum Gasteiger partial charge on any atom is 0.160 e. The van der Waals surface area contributed by atoms with Crippen molar-refractivity contribution in [3.05, 3.63) is 212 Å². The van der Waals surface area contributed by atoms with Gasteiger partial charge in [-0.15, -0.1) is 0 Å². The summed E-state index contributed by atoms with van der Waals surface area (Å²) in [7, 11) is 0. The number of rotatable bonds is 7. The smallest absolute Gasteiger partial charge is 0.160 e. The molecule has 0 atom stereocenters. The van der Waals surface area contributed by atoms with Crippen LogP contribution in [-0.2, 0) is 0 Å². The average molecular weight is 794 g/mol. The molecule has 4 heterocycles. The average Bonchev–Trinajstić information content (AvgIpc) is 3.93. The molecule has 4 aromatic heterocycles. The van der Waals surface area contributed by atoms with Crippen LogP contribution in [0.25, 0.3) is 122 Å². The van der Waals surface area contributed by atoms with Crippen LogP contribution in [0, 0.1) is 0 Å². The van der Waals surface area contributed by atoms with E-state index in [1.54, 1.807) is 0 Å².